The third-order valence-corrected chi connectivity index (χ3v) is 6.26. The van der Waals surface area contributed by atoms with Crippen LogP contribution in [-0.2, 0) is 14.8 Å². The van der Waals surface area contributed by atoms with E-state index >= 15 is 0 Å². The van der Waals surface area contributed by atoms with Crippen LogP contribution in [-0.4, -0.2) is 32.8 Å². The molecule has 0 radical (unpaired) electrons. The molecule has 2 aromatic rings. The van der Waals surface area contributed by atoms with Gasteiger partial charge in [-0.1, -0.05) is 17.7 Å². The molecule has 0 bridgehead atoms. The molecule has 0 spiro atoms. The summed E-state index contributed by atoms with van der Waals surface area (Å²) in [6.07, 6.45) is 2.24. The quantitative estimate of drug-likeness (QED) is 0.592. The van der Waals surface area contributed by atoms with Crippen molar-refractivity contribution in [2.75, 3.05) is 23.2 Å². The summed E-state index contributed by atoms with van der Waals surface area (Å²) in [5.74, 6) is 0. The highest BCUT2D eigenvalue weighted by Crippen LogP contribution is 2.23. The van der Waals surface area contributed by atoms with Crippen LogP contribution in [0.4, 0.5) is 11.4 Å². The van der Waals surface area contributed by atoms with E-state index in [9.17, 15) is 8.42 Å². The summed E-state index contributed by atoms with van der Waals surface area (Å²) in [6.45, 7) is 3.29. The Hall–Kier alpha value is -1.87. The SMILES string of the molecule is Cc1ccc(S(=O)(=O)Nc2ccc(Cl)cc2)cc1NC(=S)NC[C@H]1CCCO1. The molecule has 9 heteroatoms. The number of anilines is 2. The first-order valence-corrected chi connectivity index (χ1v) is 11.2. The molecule has 1 atom stereocenters. The molecule has 1 saturated heterocycles. The number of thiocarbonyl (C=S) groups is 1. The lowest BCUT2D eigenvalue weighted by atomic mass is 10.2. The summed E-state index contributed by atoms with van der Waals surface area (Å²) in [4.78, 5) is 0.137. The van der Waals surface area contributed by atoms with E-state index in [0.717, 1.165) is 25.0 Å². The molecule has 1 fully saturated rings. The molecule has 28 heavy (non-hydrogen) atoms. The first-order chi connectivity index (χ1) is 13.3. The average Bonchev–Trinajstić information content (AvgIpc) is 3.17. The summed E-state index contributed by atoms with van der Waals surface area (Å²) in [7, 11) is -3.74. The lowest BCUT2D eigenvalue weighted by Crippen LogP contribution is -2.35. The van der Waals surface area contributed by atoms with Gasteiger partial charge in [-0.3, -0.25) is 4.72 Å². The van der Waals surface area contributed by atoms with E-state index < -0.39 is 10.0 Å². The van der Waals surface area contributed by atoms with Crippen LogP contribution in [0.3, 0.4) is 0 Å². The summed E-state index contributed by atoms with van der Waals surface area (Å²) in [6, 6.07) is 11.3. The molecule has 0 saturated carbocycles. The van der Waals surface area contributed by atoms with E-state index in [4.69, 9.17) is 28.6 Å². The van der Waals surface area contributed by atoms with Crippen molar-refractivity contribution in [1.29, 1.82) is 0 Å². The second kappa shape index (κ2) is 9.09. The second-order valence-electron chi connectivity index (χ2n) is 6.56. The van der Waals surface area contributed by atoms with Gasteiger partial charge >= 0.3 is 0 Å². The van der Waals surface area contributed by atoms with E-state index in [1.807, 2.05) is 6.92 Å². The minimum Gasteiger partial charge on any atom is -0.376 e. The highest BCUT2D eigenvalue weighted by atomic mass is 35.5. The predicted molar refractivity (Wildman–Crippen MR) is 117 cm³/mol. The van der Waals surface area contributed by atoms with Gasteiger partial charge < -0.3 is 15.4 Å². The topological polar surface area (TPSA) is 79.5 Å². The third-order valence-electron chi connectivity index (χ3n) is 4.38. The highest BCUT2D eigenvalue weighted by molar-refractivity contribution is 7.92. The largest absolute Gasteiger partial charge is 0.376 e. The standard InChI is InChI=1S/C19H22ClN3O3S2/c1-13-4-9-17(28(24,25)23-15-7-5-14(20)6-8-15)11-18(13)22-19(27)21-12-16-3-2-10-26-16/h4-9,11,16,23H,2-3,10,12H2,1H3,(H2,21,22,27)/t16-/m1/s1. The van der Waals surface area contributed by atoms with Crippen LogP contribution in [0, 0.1) is 6.92 Å². The summed E-state index contributed by atoms with van der Waals surface area (Å²) in [5.41, 5.74) is 1.95. The van der Waals surface area contributed by atoms with Gasteiger partial charge in [-0.2, -0.15) is 0 Å². The Labute approximate surface area is 175 Å². The molecular weight excluding hydrogens is 418 g/mol. The zero-order valence-electron chi connectivity index (χ0n) is 15.4. The van der Waals surface area contributed by atoms with Crippen molar-refractivity contribution in [2.24, 2.45) is 0 Å². The normalized spacial score (nSPS) is 16.6. The van der Waals surface area contributed by atoms with Crippen LogP contribution in [0.25, 0.3) is 0 Å². The van der Waals surface area contributed by atoms with Crippen molar-refractivity contribution in [1.82, 2.24) is 5.32 Å². The zero-order chi connectivity index (χ0) is 20.1. The van der Waals surface area contributed by atoms with Crippen LogP contribution in [0.15, 0.2) is 47.4 Å². The zero-order valence-corrected chi connectivity index (χ0v) is 17.8. The molecule has 150 valence electrons. The Bertz CT molecular complexity index is 943. The van der Waals surface area contributed by atoms with Crippen LogP contribution in [0.2, 0.25) is 5.02 Å². The number of ether oxygens (including phenoxy) is 1. The fourth-order valence-electron chi connectivity index (χ4n) is 2.81. The Morgan fingerprint density at radius 3 is 2.68 bits per heavy atom. The molecule has 6 nitrogen and oxygen atoms in total. The number of nitrogens with one attached hydrogen (secondary N) is 3. The van der Waals surface area contributed by atoms with Gasteiger partial charge in [-0.25, -0.2) is 8.42 Å². The monoisotopic (exact) mass is 439 g/mol. The van der Waals surface area contributed by atoms with E-state index in [1.54, 1.807) is 42.5 Å². The maximum atomic E-state index is 12.7. The number of hydrogen-bond donors (Lipinski definition) is 3. The molecule has 1 aliphatic rings. The maximum Gasteiger partial charge on any atom is 0.261 e. The fraction of sp³-hybridized carbons (Fsp3) is 0.316. The summed E-state index contributed by atoms with van der Waals surface area (Å²) >= 11 is 11.2. The second-order valence-corrected chi connectivity index (χ2v) is 9.09. The van der Waals surface area contributed by atoms with Crippen LogP contribution in [0.1, 0.15) is 18.4 Å². The van der Waals surface area contributed by atoms with Crippen LogP contribution in [0.5, 0.6) is 0 Å². The summed E-state index contributed by atoms with van der Waals surface area (Å²) < 4.78 is 33.5. The molecule has 2 aromatic carbocycles. The maximum absolute atomic E-state index is 12.7. The molecule has 0 aliphatic carbocycles. The number of aryl methyl sites for hydroxylation is 1. The van der Waals surface area contributed by atoms with Crippen molar-refractivity contribution in [3.8, 4) is 0 Å². The molecule has 1 heterocycles. The van der Waals surface area contributed by atoms with Gasteiger partial charge in [0.15, 0.2) is 5.11 Å². The molecule has 3 N–H and O–H groups in total. The highest BCUT2D eigenvalue weighted by Gasteiger charge is 2.17. The smallest absolute Gasteiger partial charge is 0.261 e. The molecule has 3 rings (SSSR count). The van der Waals surface area contributed by atoms with Crippen molar-refractivity contribution >= 4 is 50.3 Å². The lowest BCUT2D eigenvalue weighted by molar-refractivity contribution is 0.114. The number of halogens is 1. The first kappa shape index (κ1) is 20.9. The summed E-state index contributed by atoms with van der Waals surface area (Å²) in [5, 5.41) is 7.16. The number of benzene rings is 2. The van der Waals surface area contributed by atoms with E-state index in [-0.39, 0.29) is 11.0 Å². The Balaban J connectivity index is 1.69. The van der Waals surface area contributed by atoms with Gasteiger partial charge in [-0.15, -0.1) is 0 Å². The van der Waals surface area contributed by atoms with Crippen molar-refractivity contribution < 1.29 is 13.2 Å². The number of hydrogen-bond acceptors (Lipinski definition) is 4. The average molecular weight is 440 g/mol. The molecule has 0 aromatic heterocycles. The predicted octanol–water partition coefficient (Wildman–Crippen LogP) is 3.91. The van der Waals surface area contributed by atoms with Crippen LogP contribution >= 0.6 is 23.8 Å². The molecular formula is C19H22ClN3O3S2. The minimum atomic E-state index is -3.74. The Morgan fingerprint density at radius 2 is 2.00 bits per heavy atom. The van der Waals surface area contributed by atoms with Gasteiger partial charge in [0.1, 0.15) is 0 Å². The minimum absolute atomic E-state index is 0.137. The van der Waals surface area contributed by atoms with Crippen molar-refractivity contribution in [3.05, 3.63) is 53.1 Å². The van der Waals surface area contributed by atoms with Crippen molar-refractivity contribution in [3.63, 3.8) is 0 Å². The van der Waals surface area contributed by atoms with E-state index in [0.29, 0.717) is 28.1 Å². The van der Waals surface area contributed by atoms with Gasteiger partial charge in [0, 0.05) is 29.5 Å². The fourth-order valence-corrected chi connectivity index (χ4v) is 4.22. The Morgan fingerprint density at radius 1 is 1.25 bits per heavy atom. The van der Waals surface area contributed by atoms with E-state index in [2.05, 4.69) is 15.4 Å². The Kier molecular flexibility index (Phi) is 6.77. The molecule has 0 unspecified atom stereocenters. The van der Waals surface area contributed by atoms with Gasteiger partial charge in [0.05, 0.1) is 11.0 Å². The van der Waals surface area contributed by atoms with Gasteiger partial charge in [-0.05, 0) is 73.9 Å². The van der Waals surface area contributed by atoms with Gasteiger partial charge in [0.25, 0.3) is 10.0 Å². The third kappa shape index (κ3) is 5.57. The number of rotatable bonds is 6. The lowest BCUT2D eigenvalue weighted by Gasteiger charge is -2.16. The molecule has 1 aliphatic heterocycles. The van der Waals surface area contributed by atoms with Gasteiger partial charge in [0.2, 0.25) is 0 Å². The number of sulfonamides is 1. The molecule has 0 amide bonds. The van der Waals surface area contributed by atoms with E-state index in [1.165, 1.54) is 0 Å². The first-order valence-electron chi connectivity index (χ1n) is 8.89. The van der Waals surface area contributed by atoms with Crippen molar-refractivity contribution in [2.45, 2.75) is 30.8 Å². The van der Waals surface area contributed by atoms with Crippen LogP contribution < -0.4 is 15.4 Å².